The van der Waals surface area contributed by atoms with Crippen LogP contribution in [0.3, 0.4) is 0 Å². The number of esters is 1. The molecule has 1 aromatic carbocycles. The van der Waals surface area contributed by atoms with Crippen LogP contribution in [0.2, 0.25) is 0 Å². The maximum Gasteiger partial charge on any atom is 0.343 e. The normalized spacial score (nSPS) is 8.76. The zero-order valence-corrected chi connectivity index (χ0v) is 11.1. The molecule has 4 nitrogen and oxygen atoms in total. The summed E-state index contributed by atoms with van der Waals surface area (Å²) < 4.78 is 14.8. The van der Waals surface area contributed by atoms with Gasteiger partial charge in [-0.2, -0.15) is 0 Å². The summed E-state index contributed by atoms with van der Waals surface area (Å²) in [5, 5.41) is 0. The predicted molar refractivity (Wildman–Crippen MR) is 66.6 cm³/mol. The minimum absolute atomic E-state index is 0.0928. The van der Waals surface area contributed by atoms with Crippen LogP contribution in [0.15, 0.2) is 18.2 Å². The number of hydrogen-bond donors (Lipinski definition) is 0. The maximum absolute atomic E-state index is 10.9. The molecule has 0 saturated heterocycles. The Labute approximate surface area is 102 Å². The molecule has 0 aliphatic heterocycles. The van der Waals surface area contributed by atoms with Gasteiger partial charge in [-0.1, -0.05) is 19.9 Å². The van der Waals surface area contributed by atoms with Crippen LogP contribution >= 0.6 is 0 Å². The molecule has 4 heteroatoms. The lowest BCUT2D eigenvalue weighted by Crippen LogP contribution is -2.13. The SMILES string of the molecule is CC.COC(=O)COc1cc(OC)ccc1C. The van der Waals surface area contributed by atoms with Gasteiger partial charge >= 0.3 is 5.97 Å². The van der Waals surface area contributed by atoms with E-state index in [4.69, 9.17) is 9.47 Å². The van der Waals surface area contributed by atoms with E-state index in [1.54, 1.807) is 13.2 Å². The molecule has 1 aromatic rings. The van der Waals surface area contributed by atoms with E-state index in [-0.39, 0.29) is 6.61 Å². The zero-order valence-electron chi connectivity index (χ0n) is 11.1. The van der Waals surface area contributed by atoms with E-state index in [0.29, 0.717) is 11.5 Å². The standard InChI is InChI=1S/C11H14O4.C2H6/c1-8-4-5-9(13-2)6-10(8)15-7-11(12)14-3;1-2/h4-6H,7H2,1-3H3;1-2H3. The average molecular weight is 240 g/mol. The molecule has 0 aliphatic carbocycles. The Balaban J connectivity index is 0.00000121. The van der Waals surface area contributed by atoms with Crippen molar-refractivity contribution in [1.29, 1.82) is 0 Å². The fraction of sp³-hybridized carbons (Fsp3) is 0.462. The lowest BCUT2D eigenvalue weighted by atomic mass is 10.2. The second-order valence-corrected chi connectivity index (χ2v) is 3.00. The monoisotopic (exact) mass is 240 g/mol. The molecule has 0 unspecified atom stereocenters. The summed E-state index contributed by atoms with van der Waals surface area (Å²) in [7, 11) is 2.90. The number of carbonyl (C=O) groups excluding carboxylic acids is 1. The van der Waals surface area contributed by atoms with Crippen molar-refractivity contribution in [2.75, 3.05) is 20.8 Å². The van der Waals surface area contributed by atoms with Gasteiger partial charge in [-0.15, -0.1) is 0 Å². The van der Waals surface area contributed by atoms with Crippen LogP contribution in [-0.2, 0) is 9.53 Å². The number of ether oxygens (including phenoxy) is 3. The molecule has 0 bridgehead atoms. The second-order valence-electron chi connectivity index (χ2n) is 3.00. The molecule has 0 radical (unpaired) electrons. The van der Waals surface area contributed by atoms with Gasteiger partial charge in [0.2, 0.25) is 0 Å². The topological polar surface area (TPSA) is 44.8 Å². The Kier molecular flexibility index (Phi) is 7.59. The fourth-order valence-corrected chi connectivity index (χ4v) is 1.06. The van der Waals surface area contributed by atoms with E-state index in [1.165, 1.54) is 7.11 Å². The molecule has 0 aliphatic rings. The first kappa shape index (κ1) is 15.3. The first-order valence-corrected chi connectivity index (χ1v) is 5.51. The average Bonchev–Trinajstić information content (AvgIpc) is 2.39. The molecule has 17 heavy (non-hydrogen) atoms. The van der Waals surface area contributed by atoms with Crippen LogP contribution in [-0.4, -0.2) is 26.8 Å². The van der Waals surface area contributed by atoms with Crippen molar-refractivity contribution in [2.45, 2.75) is 20.8 Å². The van der Waals surface area contributed by atoms with E-state index < -0.39 is 5.97 Å². The quantitative estimate of drug-likeness (QED) is 0.759. The van der Waals surface area contributed by atoms with Crippen molar-refractivity contribution in [1.82, 2.24) is 0 Å². The van der Waals surface area contributed by atoms with E-state index >= 15 is 0 Å². The highest BCUT2D eigenvalue weighted by Crippen LogP contribution is 2.23. The van der Waals surface area contributed by atoms with Gasteiger partial charge in [-0.25, -0.2) is 4.79 Å². The van der Waals surface area contributed by atoms with Crippen LogP contribution in [0.1, 0.15) is 19.4 Å². The predicted octanol–water partition coefficient (Wildman–Crippen LogP) is 2.58. The Bertz CT molecular complexity index is 347. The highest BCUT2D eigenvalue weighted by molar-refractivity contribution is 5.70. The molecule has 0 amide bonds. The first-order valence-electron chi connectivity index (χ1n) is 5.51. The van der Waals surface area contributed by atoms with Gasteiger partial charge in [-0.05, 0) is 18.6 Å². The van der Waals surface area contributed by atoms with Crippen molar-refractivity contribution < 1.29 is 19.0 Å². The van der Waals surface area contributed by atoms with E-state index in [0.717, 1.165) is 5.56 Å². The number of carbonyl (C=O) groups is 1. The summed E-state index contributed by atoms with van der Waals surface area (Å²) in [6.07, 6.45) is 0. The van der Waals surface area contributed by atoms with Crippen molar-refractivity contribution in [3.63, 3.8) is 0 Å². The highest BCUT2D eigenvalue weighted by Gasteiger charge is 2.05. The number of benzene rings is 1. The largest absolute Gasteiger partial charge is 0.497 e. The molecular formula is C13H20O4. The molecule has 0 spiro atoms. The molecule has 1 rings (SSSR count). The minimum Gasteiger partial charge on any atom is -0.497 e. The lowest BCUT2D eigenvalue weighted by molar-refractivity contribution is -0.142. The number of rotatable bonds is 4. The summed E-state index contributed by atoms with van der Waals surface area (Å²) >= 11 is 0. The smallest absolute Gasteiger partial charge is 0.343 e. The summed E-state index contributed by atoms with van der Waals surface area (Å²) in [6, 6.07) is 5.43. The molecule has 0 heterocycles. The van der Waals surface area contributed by atoms with Crippen LogP contribution < -0.4 is 9.47 Å². The number of methoxy groups -OCH3 is 2. The van der Waals surface area contributed by atoms with Gasteiger partial charge in [0.25, 0.3) is 0 Å². The van der Waals surface area contributed by atoms with Gasteiger partial charge in [0.1, 0.15) is 11.5 Å². The van der Waals surface area contributed by atoms with Crippen molar-refractivity contribution in [3.05, 3.63) is 23.8 Å². The van der Waals surface area contributed by atoms with Crippen LogP contribution in [0.25, 0.3) is 0 Å². The fourth-order valence-electron chi connectivity index (χ4n) is 1.06. The Morgan fingerprint density at radius 1 is 1.24 bits per heavy atom. The Morgan fingerprint density at radius 2 is 1.88 bits per heavy atom. The molecule has 96 valence electrons. The zero-order chi connectivity index (χ0) is 13.3. The Morgan fingerprint density at radius 3 is 2.41 bits per heavy atom. The third-order valence-corrected chi connectivity index (χ3v) is 1.97. The maximum atomic E-state index is 10.9. The molecular weight excluding hydrogens is 220 g/mol. The van der Waals surface area contributed by atoms with Crippen molar-refractivity contribution in [3.8, 4) is 11.5 Å². The van der Waals surface area contributed by atoms with Crippen LogP contribution in [0.4, 0.5) is 0 Å². The highest BCUT2D eigenvalue weighted by atomic mass is 16.6. The molecule has 0 N–H and O–H groups in total. The van der Waals surface area contributed by atoms with Gasteiger partial charge in [0.15, 0.2) is 6.61 Å². The van der Waals surface area contributed by atoms with Gasteiger partial charge in [-0.3, -0.25) is 0 Å². The van der Waals surface area contributed by atoms with Gasteiger partial charge in [0, 0.05) is 6.07 Å². The molecule has 0 atom stereocenters. The van der Waals surface area contributed by atoms with E-state index in [1.807, 2.05) is 32.9 Å². The summed E-state index contributed by atoms with van der Waals surface area (Å²) in [6.45, 7) is 5.80. The van der Waals surface area contributed by atoms with Gasteiger partial charge in [0.05, 0.1) is 14.2 Å². The summed E-state index contributed by atoms with van der Waals surface area (Å²) in [4.78, 5) is 10.9. The van der Waals surface area contributed by atoms with E-state index in [9.17, 15) is 4.79 Å². The van der Waals surface area contributed by atoms with E-state index in [2.05, 4.69) is 4.74 Å². The van der Waals surface area contributed by atoms with Crippen molar-refractivity contribution in [2.24, 2.45) is 0 Å². The number of aryl methyl sites for hydroxylation is 1. The third kappa shape index (κ3) is 5.24. The molecule has 0 aromatic heterocycles. The molecule has 0 fully saturated rings. The van der Waals surface area contributed by atoms with Crippen molar-refractivity contribution >= 4 is 5.97 Å². The lowest BCUT2D eigenvalue weighted by Gasteiger charge is -2.09. The number of hydrogen-bond acceptors (Lipinski definition) is 4. The first-order chi connectivity index (χ1) is 8.17. The minimum atomic E-state index is -0.405. The third-order valence-electron chi connectivity index (χ3n) is 1.97. The summed E-state index contributed by atoms with van der Waals surface area (Å²) in [5.74, 6) is 0.914. The van der Waals surface area contributed by atoms with Gasteiger partial charge < -0.3 is 14.2 Å². The van der Waals surface area contributed by atoms with Crippen LogP contribution in [0, 0.1) is 6.92 Å². The molecule has 0 saturated carbocycles. The Hall–Kier alpha value is -1.71. The summed E-state index contributed by atoms with van der Waals surface area (Å²) in [5.41, 5.74) is 0.944. The van der Waals surface area contributed by atoms with Crippen LogP contribution in [0.5, 0.6) is 11.5 Å². The second kappa shape index (κ2) is 8.44.